The summed E-state index contributed by atoms with van der Waals surface area (Å²) < 4.78 is 27.1. The third-order valence-corrected chi connectivity index (χ3v) is 11.4. The lowest BCUT2D eigenvalue weighted by Gasteiger charge is -2.32. The molecule has 72 heavy (non-hydrogen) atoms. The fourth-order valence-corrected chi connectivity index (χ4v) is 7.55. The zero-order valence-electron chi connectivity index (χ0n) is 41.7. The summed E-state index contributed by atoms with van der Waals surface area (Å²) in [4.78, 5) is 111. The molecule has 1 heterocycles. The highest BCUT2D eigenvalue weighted by Crippen LogP contribution is 2.31. The number of ether oxygens (including phenoxy) is 3. The van der Waals surface area contributed by atoms with E-state index < -0.39 is 78.5 Å². The first-order valence-corrected chi connectivity index (χ1v) is 24.5. The van der Waals surface area contributed by atoms with Crippen molar-refractivity contribution >= 4 is 55.5 Å². The quantitative estimate of drug-likeness (QED) is 0.0109. The maximum atomic E-state index is 13.9. The first-order valence-electron chi connectivity index (χ1n) is 24.5. The minimum atomic E-state index is -1.43. The smallest absolute Gasteiger partial charge is 0.370 e. The molecule has 3 N–H and O–H groups in total. The molecule has 0 bridgehead atoms. The van der Waals surface area contributed by atoms with E-state index in [1.165, 1.54) is 37.2 Å². The Morgan fingerprint density at radius 3 is 1.96 bits per heavy atom. The Morgan fingerprint density at radius 2 is 1.36 bits per heavy atom. The van der Waals surface area contributed by atoms with Gasteiger partial charge >= 0.3 is 31.4 Å². The van der Waals surface area contributed by atoms with E-state index in [4.69, 9.17) is 28.1 Å². The van der Waals surface area contributed by atoms with Crippen LogP contribution in [0.1, 0.15) is 130 Å². The highest BCUT2D eigenvalue weighted by atomic mass is 16.7. The molecule has 0 aliphatic rings. The van der Waals surface area contributed by atoms with Gasteiger partial charge in [-0.3, -0.25) is 28.8 Å². The average molecular weight is 994 g/mol. The van der Waals surface area contributed by atoms with Gasteiger partial charge in [0.25, 0.3) is 11.8 Å². The lowest BCUT2D eigenvalue weighted by molar-refractivity contribution is -0.205. The maximum absolute atomic E-state index is 13.9. The molecule has 1 radical (unpaired) electrons. The summed E-state index contributed by atoms with van der Waals surface area (Å²) in [5, 5.41) is 8.78. The van der Waals surface area contributed by atoms with Crippen LogP contribution in [0.4, 0.5) is 0 Å². The molecule has 385 valence electrons. The van der Waals surface area contributed by atoms with Crippen LogP contribution < -0.4 is 20.7 Å². The summed E-state index contributed by atoms with van der Waals surface area (Å²) in [6, 6.07) is 22.9. The van der Waals surface area contributed by atoms with Crippen molar-refractivity contribution in [3.05, 3.63) is 113 Å². The van der Waals surface area contributed by atoms with Crippen LogP contribution in [0.5, 0.6) is 5.75 Å². The van der Waals surface area contributed by atoms with Crippen molar-refractivity contribution in [2.45, 2.75) is 117 Å². The number of hydroxylamine groups is 2. The van der Waals surface area contributed by atoms with Crippen LogP contribution in [0.25, 0.3) is 11.3 Å². The topological polar surface area (TPSA) is 235 Å². The first kappa shape index (κ1) is 57.1. The predicted octanol–water partition coefficient (Wildman–Crippen LogP) is 7.24. The third kappa shape index (κ3) is 17.8. The standard InChI is InChI=1S/C53H66BN4O14/c1-6-10-15-24-39(42(9-4)58(35-59)72-53(66)48(36-20-16-13-17-21-36)37-22-18-14-19-23-37)49(62)55-34-56-51(64)44-28-27-43(70-44)38-25-26-40(45(31-38)69-33-47(61)68-30-12-8-3)50(63)57-41(52(65)71-54-5)32-46(60)67-29-11-7-2/h13-14,16-23,25-28,31,35,39,41-42,48H,6-12,15,24,29-30,32-34H2,1-5H3,(H,55,62)(H,56,64)(H,57,63)/t39-,41+,42-/m1/s1. The molecule has 18 nitrogen and oxygen atoms in total. The minimum absolute atomic E-state index is 0.115. The van der Waals surface area contributed by atoms with Crippen LogP contribution in [0.2, 0.25) is 6.82 Å². The Labute approximate surface area is 421 Å². The first-order chi connectivity index (χ1) is 34.9. The van der Waals surface area contributed by atoms with Crippen molar-refractivity contribution in [1.29, 1.82) is 0 Å². The van der Waals surface area contributed by atoms with E-state index >= 15 is 0 Å². The number of nitrogens with one attached hydrogen (secondary N) is 3. The average Bonchev–Trinajstić information content (AvgIpc) is 3.89. The fourth-order valence-electron chi connectivity index (χ4n) is 7.55. The number of unbranched alkanes of at least 4 members (excludes halogenated alkanes) is 4. The highest BCUT2D eigenvalue weighted by molar-refractivity contribution is 6.28. The number of benzene rings is 3. The number of carbonyl (C=O) groups is 8. The molecule has 1 aromatic heterocycles. The largest absolute Gasteiger partial charge is 0.538 e. The van der Waals surface area contributed by atoms with Gasteiger partial charge in [-0.25, -0.2) is 9.59 Å². The molecular weight excluding hydrogens is 927 g/mol. The number of nitrogens with zero attached hydrogens (tertiary/aromatic N) is 1. The molecule has 0 saturated carbocycles. The van der Waals surface area contributed by atoms with E-state index in [1.54, 1.807) is 55.5 Å². The van der Waals surface area contributed by atoms with E-state index in [2.05, 4.69) is 16.0 Å². The number of hydrogen-bond donors (Lipinski definition) is 3. The Kier molecular flexibility index (Phi) is 24.6. The number of esters is 2. The van der Waals surface area contributed by atoms with Crippen LogP contribution in [0.15, 0.2) is 95.4 Å². The number of amides is 4. The molecule has 0 spiro atoms. The summed E-state index contributed by atoms with van der Waals surface area (Å²) >= 11 is 0. The van der Waals surface area contributed by atoms with Gasteiger partial charge in [-0.05, 0) is 61.1 Å². The van der Waals surface area contributed by atoms with Gasteiger partial charge in [0.1, 0.15) is 23.5 Å². The number of carbonyl (C=O) groups excluding carboxylic acids is 8. The Balaban J connectivity index is 1.49. The van der Waals surface area contributed by atoms with E-state index in [9.17, 15) is 38.4 Å². The van der Waals surface area contributed by atoms with Crippen molar-refractivity contribution in [1.82, 2.24) is 21.0 Å². The normalized spacial score (nSPS) is 12.0. The molecule has 0 aliphatic heterocycles. The summed E-state index contributed by atoms with van der Waals surface area (Å²) in [5.74, 6) is -6.79. The lowest BCUT2D eigenvalue weighted by atomic mass is 9.90. The second-order valence-corrected chi connectivity index (χ2v) is 16.6. The van der Waals surface area contributed by atoms with E-state index in [0.29, 0.717) is 48.8 Å². The van der Waals surface area contributed by atoms with Gasteiger partial charge in [0.2, 0.25) is 12.3 Å². The molecule has 0 saturated heterocycles. The van der Waals surface area contributed by atoms with Gasteiger partial charge in [0.15, 0.2) is 12.4 Å². The van der Waals surface area contributed by atoms with Crippen molar-refractivity contribution in [3.63, 3.8) is 0 Å². The molecular formula is C53H66BN4O14. The van der Waals surface area contributed by atoms with Crippen molar-refractivity contribution in [2.75, 3.05) is 26.5 Å². The van der Waals surface area contributed by atoms with Crippen molar-refractivity contribution < 1.29 is 66.5 Å². The zero-order chi connectivity index (χ0) is 52.3. The zero-order valence-corrected chi connectivity index (χ0v) is 41.7. The van der Waals surface area contributed by atoms with Gasteiger partial charge in [-0.15, -0.1) is 0 Å². The Bertz CT molecular complexity index is 2340. The second-order valence-electron chi connectivity index (χ2n) is 16.6. The summed E-state index contributed by atoms with van der Waals surface area (Å²) in [6.07, 6.45) is 5.66. The van der Waals surface area contributed by atoms with Crippen LogP contribution in [0, 0.1) is 5.92 Å². The molecule has 4 rings (SSSR count). The minimum Gasteiger partial charge on any atom is -0.538 e. The maximum Gasteiger partial charge on any atom is 0.370 e. The van der Waals surface area contributed by atoms with E-state index in [0.717, 1.165) is 38.2 Å². The molecule has 4 amide bonds. The Hall–Kier alpha value is -7.44. The predicted molar refractivity (Wildman–Crippen MR) is 266 cm³/mol. The summed E-state index contributed by atoms with van der Waals surface area (Å²) in [7, 11) is 1.11. The molecule has 0 aliphatic carbocycles. The third-order valence-electron chi connectivity index (χ3n) is 11.4. The lowest BCUT2D eigenvalue weighted by Crippen LogP contribution is -2.49. The molecule has 3 aromatic carbocycles. The van der Waals surface area contributed by atoms with Gasteiger partial charge in [0, 0.05) is 5.56 Å². The summed E-state index contributed by atoms with van der Waals surface area (Å²) in [5.41, 5.74) is 1.54. The second kappa shape index (κ2) is 31.0. The highest BCUT2D eigenvalue weighted by Gasteiger charge is 2.36. The van der Waals surface area contributed by atoms with Gasteiger partial charge in [-0.1, -0.05) is 133 Å². The molecule has 19 heteroatoms. The van der Waals surface area contributed by atoms with Crippen LogP contribution in [-0.2, 0) is 47.7 Å². The number of hydrogen-bond acceptors (Lipinski definition) is 14. The van der Waals surface area contributed by atoms with E-state index in [1.807, 2.05) is 32.9 Å². The number of rotatable bonds is 32. The van der Waals surface area contributed by atoms with Gasteiger partial charge < -0.3 is 44.1 Å². The number of furan rings is 1. The SMILES string of the molecule is C[B]OC(=O)[C@H](CC(=O)OCCCC)NC(=O)c1ccc(-c2ccc(C(=O)NCNC(=O)[C@H](CCCCC)[C@@H](CC)N(C=O)OC(=O)C(c3ccccc3)c3ccccc3)o2)cc1OCC(=O)OCCCC. The molecule has 4 aromatic rings. The molecule has 0 unspecified atom stereocenters. The van der Waals surface area contributed by atoms with Gasteiger partial charge in [0.05, 0.1) is 43.8 Å². The molecule has 0 fully saturated rings. The fraction of sp³-hybridized carbons (Fsp3) is 0.434. The monoisotopic (exact) mass is 993 g/mol. The van der Waals surface area contributed by atoms with Crippen LogP contribution in [0.3, 0.4) is 0 Å². The van der Waals surface area contributed by atoms with Gasteiger partial charge in [-0.2, -0.15) is 5.06 Å². The van der Waals surface area contributed by atoms with E-state index in [-0.39, 0.29) is 49.1 Å². The van der Waals surface area contributed by atoms with Crippen LogP contribution in [-0.4, -0.2) is 99.1 Å². The Morgan fingerprint density at radius 1 is 0.722 bits per heavy atom. The van der Waals surface area contributed by atoms with Crippen molar-refractivity contribution in [2.24, 2.45) is 5.92 Å². The van der Waals surface area contributed by atoms with Crippen molar-refractivity contribution in [3.8, 4) is 17.1 Å². The van der Waals surface area contributed by atoms with Crippen LogP contribution >= 0.6 is 0 Å². The summed E-state index contributed by atoms with van der Waals surface area (Å²) in [6.45, 7) is 8.53. The molecule has 3 atom stereocenters.